The molecule has 0 saturated carbocycles. The van der Waals surface area contributed by atoms with Gasteiger partial charge in [0.25, 0.3) is 0 Å². The molecular weight excluding hydrogens is 488 g/mol. The Hall–Kier alpha value is -5.48. The molecule has 0 spiro atoms. The average Bonchev–Trinajstić information content (AvgIpc) is 3.62. The van der Waals surface area contributed by atoms with Gasteiger partial charge in [-0.25, -0.2) is 9.97 Å². The highest BCUT2D eigenvalue weighted by molar-refractivity contribution is 6.34. The molecule has 0 fully saturated rings. The first-order valence-corrected chi connectivity index (χ1v) is 13.5. The molecule has 0 radical (unpaired) electrons. The van der Waals surface area contributed by atoms with E-state index in [2.05, 4.69) is 131 Å². The molecular formula is C36H22N4. The number of para-hydroxylation sites is 2. The van der Waals surface area contributed by atoms with Crippen LogP contribution in [0.3, 0.4) is 0 Å². The summed E-state index contributed by atoms with van der Waals surface area (Å²) in [5.74, 6) is 0.685. The monoisotopic (exact) mass is 510 g/mol. The van der Waals surface area contributed by atoms with E-state index >= 15 is 0 Å². The zero-order chi connectivity index (χ0) is 26.2. The van der Waals surface area contributed by atoms with Gasteiger partial charge in [-0.3, -0.25) is 4.57 Å². The number of hydrogen-bond acceptors (Lipinski definition) is 2. The molecule has 3 aromatic heterocycles. The van der Waals surface area contributed by atoms with Gasteiger partial charge in [0.05, 0.1) is 27.8 Å². The molecule has 40 heavy (non-hydrogen) atoms. The number of rotatable bonds is 3. The molecule has 9 rings (SSSR count). The molecule has 0 atom stereocenters. The number of fused-ring (bicyclic) bond motifs is 4. The summed E-state index contributed by atoms with van der Waals surface area (Å²) in [4.78, 5) is 10.4. The number of hydrogen-bond donors (Lipinski definition) is 0. The normalized spacial score (nSPS) is 12.0. The minimum Gasteiger partial charge on any atom is -0.316 e. The van der Waals surface area contributed by atoms with E-state index in [1.165, 1.54) is 32.4 Å². The van der Waals surface area contributed by atoms with Crippen LogP contribution in [-0.2, 0) is 0 Å². The minimum atomic E-state index is 0.685. The van der Waals surface area contributed by atoms with E-state index in [1.807, 2.05) is 12.1 Å². The van der Waals surface area contributed by atoms with Crippen molar-refractivity contribution in [3.63, 3.8) is 0 Å². The van der Waals surface area contributed by atoms with Crippen LogP contribution in [0.2, 0.25) is 0 Å². The summed E-state index contributed by atoms with van der Waals surface area (Å²) < 4.78 is 4.55. The number of benzene rings is 6. The molecule has 0 aliphatic rings. The molecule has 0 bridgehead atoms. The molecule has 0 unspecified atom stereocenters. The van der Waals surface area contributed by atoms with Crippen molar-refractivity contribution in [3.8, 4) is 22.9 Å². The molecule has 0 amide bonds. The zero-order valence-corrected chi connectivity index (χ0v) is 21.5. The van der Waals surface area contributed by atoms with E-state index in [9.17, 15) is 0 Å². The molecule has 6 aromatic carbocycles. The SMILES string of the molecule is c1ccc(-c2nc(-n3c4cccc5c6ccn(-c7ccccc7)c6c6cccc3c6c54)nc3ccccc23)cc1. The summed E-state index contributed by atoms with van der Waals surface area (Å²) in [7, 11) is 0. The van der Waals surface area contributed by atoms with Crippen molar-refractivity contribution in [3.05, 3.63) is 134 Å². The van der Waals surface area contributed by atoms with Gasteiger partial charge in [-0.15, -0.1) is 0 Å². The fourth-order valence-electron chi connectivity index (χ4n) is 6.45. The minimum absolute atomic E-state index is 0.685. The van der Waals surface area contributed by atoms with Gasteiger partial charge in [0, 0.05) is 44.4 Å². The van der Waals surface area contributed by atoms with Gasteiger partial charge in [-0.2, -0.15) is 0 Å². The van der Waals surface area contributed by atoms with Crippen LogP contribution in [0.25, 0.3) is 77.3 Å². The van der Waals surface area contributed by atoms with Crippen molar-refractivity contribution in [2.75, 3.05) is 0 Å². The second kappa shape index (κ2) is 8.01. The average molecular weight is 511 g/mol. The zero-order valence-electron chi connectivity index (χ0n) is 21.5. The van der Waals surface area contributed by atoms with Gasteiger partial charge in [0.15, 0.2) is 0 Å². The molecule has 0 saturated heterocycles. The predicted octanol–water partition coefficient (Wildman–Crippen LogP) is 8.93. The quantitative estimate of drug-likeness (QED) is 0.222. The van der Waals surface area contributed by atoms with E-state index in [4.69, 9.17) is 9.97 Å². The second-order valence-corrected chi connectivity index (χ2v) is 10.3. The molecule has 4 heteroatoms. The van der Waals surface area contributed by atoms with E-state index in [0.29, 0.717) is 5.95 Å². The summed E-state index contributed by atoms with van der Waals surface area (Å²) in [5, 5.41) is 7.27. The summed E-state index contributed by atoms with van der Waals surface area (Å²) in [5.41, 5.74) is 7.56. The van der Waals surface area contributed by atoms with Crippen LogP contribution in [0.1, 0.15) is 0 Å². The Morgan fingerprint density at radius 1 is 0.475 bits per heavy atom. The van der Waals surface area contributed by atoms with E-state index in [1.54, 1.807) is 0 Å². The van der Waals surface area contributed by atoms with Crippen molar-refractivity contribution in [1.82, 2.24) is 19.1 Å². The fourth-order valence-corrected chi connectivity index (χ4v) is 6.45. The third kappa shape index (κ3) is 2.85. The summed E-state index contributed by atoms with van der Waals surface area (Å²) in [6.07, 6.45) is 2.19. The van der Waals surface area contributed by atoms with Crippen LogP contribution in [0.5, 0.6) is 0 Å². The lowest BCUT2D eigenvalue weighted by atomic mass is 9.98. The first kappa shape index (κ1) is 21.5. The van der Waals surface area contributed by atoms with Crippen LogP contribution in [0, 0.1) is 0 Å². The highest BCUT2D eigenvalue weighted by atomic mass is 15.2. The largest absolute Gasteiger partial charge is 0.316 e. The van der Waals surface area contributed by atoms with Crippen molar-refractivity contribution in [2.24, 2.45) is 0 Å². The molecule has 4 nitrogen and oxygen atoms in total. The Labute approximate surface area is 229 Å². The fraction of sp³-hybridized carbons (Fsp3) is 0. The Morgan fingerprint density at radius 2 is 1.12 bits per heavy atom. The smallest absolute Gasteiger partial charge is 0.235 e. The number of aromatic nitrogens is 4. The summed E-state index contributed by atoms with van der Waals surface area (Å²) in [6, 6.07) is 44.7. The first-order chi connectivity index (χ1) is 19.9. The summed E-state index contributed by atoms with van der Waals surface area (Å²) >= 11 is 0. The van der Waals surface area contributed by atoms with Crippen LogP contribution in [-0.4, -0.2) is 19.1 Å². The van der Waals surface area contributed by atoms with Crippen molar-refractivity contribution < 1.29 is 0 Å². The lowest BCUT2D eigenvalue weighted by molar-refractivity contribution is 1.01. The Kier molecular flexibility index (Phi) is 4.30. The van der Waals surface area contributed by atoms with Crippen LogP contribution in [0.15, 0.2) is 134 Å². The predicted molar refractivity (Wildman–Crippen MR) is 165 cm³/mol. The van der Waals surface area contributed by atoms with Crippen molar-refractivity contribution in [1.29, 1.82) is 0 Å². The van der Waals surface area contributed by atoms with Gasteiger partial charge < -0.3 is 4.57 Å². The third-order valence-corrected chi connectivity index (χ3v) is 8.12. The maximum Gasteiger partial charge on any atom is 0.235 e. The topological polar surface area (TPSA) is 35.6 Å². The van der Waals surface area contributed by atoms with Gasteiger partial charge in [-0.05, 0) is 41.8 Å². The van der Waals surface area contributed by atoms with E-state index < -0.39 is 0 Å². The van der Waals surface area contributed by atoms with E-state index in [0.717, 1.165) is 38.9 Å². The molecule has 0 N–H and O–H groups in total. The standard InChI is InChI=1S/C36H22N4/c1-3-11-23(12-4-1)34-27-15-7-8-18-29(27)37-36(38-34)40-30-19-9-16-25-26-21-22-39(24-13-5-2-6-14-24)35(26)28-17-10-20-31(40)33(28)32(25)30/h1-22H. The van der Waals surface area contributed by atoms with E-state index in [-0.39, 0.29) is 0 Å². The molecule has 0 aliphatic heterocycles. The molecule has 9 aromatic rings. The van der Waals surface area contributed by atoms with Crippen molar-refractivity contribution in [2.45, 2.75) is 0 Å². The lowest BCUT2D eigenvalue weighted by Crippen LogP contribution is -2.03. The van der Waals surface area contributed by atoms with Crippen LogP contribution >= 0.6 is 0 Å². The van der Waals surface area contributed by atoms with Crippen LogP contribution < -0.4 is 0 Å². The molecule has 0 aliphatic carbocycles. The Balaban J connectivity index is 1.43. The van der Waals surface area contributed by atoms with Gasteiger partial charge in [0.1, 0.15) is 0 Å². The van der Waals surface area contributed by atoms with Gasteiger partial charge in [0.2, 0.25) is 5.95 Å². The van der Waals surface area contributed by atoms with Gasteiger partial charge in [-0.1, -0.05) is 91.0 Å². The molecule has 3 heterocycles. The second-order valence-electron chi connectivity index (χ2n) is 10.3. The maximum absolute atomic E-state index is 5.24. The van der Waals surface area contributed by atoms with Crippen molar-refractivity contribution >= 4 is 54.4 Å². The summed E-state index contributed by atoms with van der Waals surface area (Å²) in [6.45, 7) is 0. The highest BCUT2D eigenvalue weighted by Crippen LogP contribution is 2.44. The number of nitrogens with zero attached hydrogens (tertiary/aromatic N) is 4. The maximum atomic E-state index is 5.24. The lowest BCUT2D eigenvalue weighted by Gasteiger charge is -2.11. The molecule has 186 valence electrons. The van der Waals surface area contributed by atoms with Crippen LogP contribution in [0.4, 0.5) is 0 Å². The Bertz CT molecular complexity index is 2360. The van der Waals surface area contributed by atoms with Gasteiger partial charge >= 0.3 is 0 Å². The third-order valence-electron chi connectivity index (χ3n) is 8.12. The Morgan fingerprint density at radius 3 is 1.93 bits per heavy atom. The first-order valence-electron chi connectivity index (χ1n) is 13.5. The highest BCUT2D eigenvalue weighted by Gasteiger charge is 2.23.